The van der Waals surface area contributed by atoms with E-state index in [0.717, 1.165) is 36.1 Å². The van der Waals surface area contributed by atoms with Crippen LogP contribution < -0.4 is 10.2 Å². The third-order valence-corrected chi connectivity index (χ3v) is 5.36. The predicted octanol–water partition coefficient (Wildman–Crippen LogP) is 4.84. The molecule has 0 spiro atoms. The van der Waals surface area contributed by atoms with Gasteiger partial charge in [-0.1, -0.05) is 23.9 Å². The molecule has 1 unspecified atom stereocenters. The van der Waals surface area contributed by atoms with Crippen LogP contribution in [-0.4, -0.2) is 34.4 Å². The summed E-state index contributed by atoms with van der Waals surface area (Å²) in [5, 5.41) is 10.4. The number of amides is 1. The minimum Gasteiger partial charge on any atom is -0.411 e. The van der Waals surface area contributed by atoms with E-state index < -0.39 is 11.1 Å². The topological polar surface area (TPSA) is 71.3 Å². The van der Waals surface area contributed by atoms with Crippen LogP contribution in [0.5, 0.6) is 0 Å². The van der Waals surface area contributed by atoms with Crippen LogP contribution >= 0.6 is 11.8 Å². The minimum absolute atomic E-state index is 0.143. The van der Waals surface area contributed by atoms with Crippen molar-refractivity contribution in [1.29, 1.82) is 0 Å². The molecule has 3 aromatic rings. The van der Waals surface area contributed by atoms with Gasteiger partial charge in [0.2, 0.25) is 11.8 Å². The first-order valence-electron chi connectivity index (χ1n) is 9.42. The summed E-state index contributed by atoms with van der Waals surface area (Å²) in [5.74, 6) is -0.435. The first kappa shape index (κ1) is 20.9. The highest BCUT2D eigenvalue weighted by atomic mass is 32.2. The van der Waals surface area contributed by atoms with Gasteiger partial charge in [0.1, 0.15) is 5.82 Å². The highest BCUT2D eigenvalue weighted by Crippen LogP contribution is 2.28. The Morgan fingerprint density at radius 1 is 1.14 bits per heavy atom. The fraction of sp³-hybridized carbons (Fsp3) is 0.286. The Morgan fingerprint density at radius 2 is 1.83 bits per heavy atom. The SMILES string of the molecule is CCN(CC)c1ccc(-c2nnc(SC(C)C(=O)Nc3ccccc3F)o2)cc1. The molecule has 0 fully saturated rings. The highest BCUT2D eigenvalue weighted by Gasteiger charge is 2.20. The third-order valence-electron chi connectivity index (χ3n) is 4.43. The van der Waals surface area contributed by atoms with Gasteiger partial charge in [0.25, 0.3) is 5.22 Å². The van der Waals surface area contributed by atoms with Crippen molar-refractivity contribution in [2.45, 2.75) is 31.2 Å². The number of para-hydroxylation sites is 1. The van der Waals surface area contributed by atoms with Crippen molar-refractivity contribution in [3.63, 3.8) is 0 Å². The molecule has 1 amide bonds. The Labute approximate surface area is 173 Å². The second-order valence-corrected chi connectivity index (χ2v) is 7.61. The fourth-order valence-electron chi connectivity index (χ4n) is 2.78. The fourth-order valence-corrected chi connectivity index (χ4v) is 3.46. The van der Waals surface area contributed by atoms with Crippen LogP contribution in [0.25, 0.3) is 11.5 Å². The molecule has 0 radical (unpaired) electrons. The number of benzene rings is 2. The molecule has 1 atom stereocenters. The second-order valence-electron chi connectivity index (χ2n) is 6.32. The Kier molecular flexibility index (Phi) is 6.87. The molecule has 0 saturated heterocycles. The Morgan fingerprint density at radius 3 is 2.48 bits per heavy atom. The predicted molar refractivity (Wildman–Crippen MR) is 114 cm³/mol. The maximum Gasteiger partial charge on any atom is 0.277 e. The van der Waals surface area contributed by atoms with E-state index in [1.54, 1.807) is 19.1 Å². The monoisotopic (exact) mass is 414 g/mol. The van der Waals surface area contributed by atoms with Crippen LogP contribution in [-0.2, 0) is 4.79 Å². The van der Waals surface area contributed by atoms with E-state index in [1.807, 2.05) is 24.3 Å². The first-order chi connectivity index (χ1) is 14.0. The molecule has 0 aliphatic heterocycles. The van der Waals surface area contributed by atoms with Gasteiger partial charge in [0, 0.05) is 24.3 Å². The standard InChI is InChI=1S/C21H23FN4O2S/c1-4-26(5-2)16-12-10-15(11-13-16)20-24-25-21(28-20)29-14(3)19(27)23-18-9-7-6-8-17(18)22/h6-14H,4-5H2,1-3H3,(H,23,27). The van der Waals surface area contributed by atoms with Crippen LogP contribution in [0.15, 0.2) is 58.2 Å². The van der Waals surface area contributed by atoms with E-state index in [1.165, 1.54) is 12.1 Å². The lowest BCUT2D eigenvalue weighted by molar-refractivity contribution is -0.115. The van der Waals surface area contributed by atoms with Gasteiger partial charge in [-0.2, -0.15) is 0 Å². The van der Waals surface area contributed by atoms with E-state index in [9.17, 15) is 9.18 Å². The third kappa shape index (κ3) is 5.14. The van der Waals surface area contributed by atoms with E-state index in [4.69, 9.17) is 4.42 Å². The van der Waals surface area contributed by atoms with Crippen molar-refractivity contribution in [2.75, 3.05) is 23.3 Å². The second kappa shape index (κ2) is 9.56. The molecule has 0 aliphatic rings. The molecule has 152 valence electrons. The molecule has 1 aromatic heterocycles. The van der Waals surface area contributed by atoms with Crippen LogP contribution in [0.2, 0.25) is 0 Å². The summed E-state index contributed by atoms with van der Waals surface area (Å²) in [6, 6.07) is 13.9. The number of aromatic nitrogens is 2. The van der Waals surface area contributed by atoms with Crippen molar-refractivity contribution >= 4 is 29.0 Å². The number of halogens is 1. The highest BCUT2D eigenvalue weighted by molar-refractivity contribution is 8.00. The Balaban J connectivity index is 1.64. The number of nitrogens with one attached hydrogen (secondary N) is 1. The normalized spacial score (nSPS) is 11.9. The van der Waals surface area contributed by atoms with Gasteiger partial charge in [0.15, 0.2) is 0 Å². The molecule has 3 rings (SSSR count). The zero-order chi connectivity index (χ0) is 20.8. The molecule has 6 nitrogen and oxygen atoms in total. The molecule has 2 aromatic carbocycles. The molecule has 0 aliphatic carbocycles. The van der Waals surface area contributed by atoms with E-state index in [2.05, 4.69) is 34.3 Å². The quantitative estimate of drug-likeness (QED) is 0.532. The average Bonchev–Trinajstić information content (AvgIpc) is 3.19. The largest absolute Gasteiger partial charge is 0.411 e. The lowest BCUT2D eigenvalue weighted by atomic mass is 10.2. The van der Waals surface area contributed by atoms with Crippen molar-refractivity contribution in [3.05, 3.63) is 54.3 Å². The average molecular weight is 415 g/mol. The van der Waals surface area contributed by atoms with Gasteiger partial charge >= 0.3 is 0 Å². The summed E-state index contributed by atoms with van der Waals surface area (Å²) >= 11 is 1.12. The number of thioether (sulfide) groups is 1. The van der Waals surface area contributed by atoms with Gasteiger partial charge < -0.3 is 14.6 Å². The number of rotatable bonds is 8. The van der Waals surface area contributed by atoms with Crippen LogP contribution in [0.1, 0.15) is 20.8 Å². The molecule has 1 N–H and O–H groups in total. The molecular formula is C21H23FN4O2S. The van der Waals surface area contributed by atoms with E-state index >= 15 is 0 Å². The van der Waals surface area contributed by atoms with E-state index in [-0.39, 0.29) is 16.8 Å². The molecular weight excluding hydrogens is 391 g/mol. The first-order valence-corrected chi connectivity index (χ1v) is 10.3. The van der Waals surface area contributed by atoms with Gasteiger partial charge in [-0.3, -0.25) is 4.79 Å². The Bertz CT molecular complexity index is 957. The van der Waals surface area contributed by atoms with Gasteiger partial charge in [-0.15, -0.1) is 10.2 Å². The van der Waals surface area contributed by atoms with Gasteiger partial charge in [-0.05, 0) is 57.2 Å². The van der Waals surface area contributed by atoms with Gasteiger partial charge in [-0.25, -0.2) is 4.39 Å². The Hall–Kier alpha value is -2.87. The number of anilines is 2. The molecule has 0 bridgehead atoms. The molecule has 0 saturated carbocycles. The lowest BCUT2D eigenvalue weighted by Crippen LogP contribution is -2.22. The van der Waals surface area contributed by atoms with Crippen molar-refractivity contribution in [3.8, 4) is 11.5 Å². The summed E-state index contributed by atoms with van der Waals surface area (Å²) in [4.78, 5) is 14.6. The van der Waals surface area contributed by atoms with Crippen molar-refractivity contribution in [2.24, 2.45) is 0 Å². The number of hydrogen-bond donors (Lipinski definition) is 1. The lowest BCUT2D eigenvalue weighted by Gasteiger charge is -2.20. The number of nitrogens with zero attached hydrogens (tertiary/aromatic N) is 3. The maximum atomic E-state index is 13.7. The zero-order valence-corrected chi connectivity index (χ0v) is 17.4. The van der Waals surface area contributed by atoms with E-state index in [0.29, 0.717) is 5.89 Å². The minimum atomic E-state index is -0.534. The zero-order valence-electron chi connectivity index (χ0n) is 16.6. The molecule has 1 heterocycles. The number of carbonyl (C=O) groups is 1. The van der Waals surface area contributed by atoms with Gasteiger partial charge in [0.05, 0.1) is 10.9 Å². The summed E-state index contributed by atoms with van der Waals surface area (Å²) in [6.07, 6.45) is 0. The van der Waals surface area contributed by atoms with Crippen LogP contribution in [0.4, 0.5) is 15.8 Å². The van der Waals surface area contributed by atoms with Crippen molar-refractivity contribution in [1.82, 2.24) is 10.2 Å². The molecule has 29 heavy (non-hydrogen) atoms. The smallest absolute Gasteiger partial charge is 0.277 e. The number of carbonyl (C=O) groups excluding carboxylic acids is 1. The summed E-state index contributed by atoms with van der Waals surface area (Å²) in [5.41, 5.74) is 2.08. The van der Waals surface area contributed by atoms with Crippen molar-refractivity contribution < 1.29 is 13.6 Å². The summed E-state index contributed by atoms with van der Waals surface area (Å²) in [7, 11) is 0. The summed E-state index contributed by atoms with van der Waals surface area (Å²) in [6.45, 7) is 7.79. The molecule has 8 heteroatoms. The number of hydrogen-bond acceptors (Lipinski definition) is 6. The maximum absolute atomic E-state index is 13.7. The van der Waals surface area contributed by atoms with Crippen LogP contribution in [0.3, 0.4) is 0 Å². The summed E-state index contributed by atoms with van der Waals surface area (Å²) < 4.78 is 19.4. The van der Waals surface area contributed by atoms with Crippen LogP contribution in [0, 0.1) is 5.82 Å².